The fraction of sp³-hybridized carbons (Fsp3) is 0.688. The van der Waals surface area contributed by atoms with Gasteiger partial charge >= 0.3 is 0 Å². The minimum Gasteiger partial charge on any atom is -0.310 e. The van der Waals surface area contributed by atoms with Gasteiger partial charge in [0.15, 0.2) is 0 Å². The van der Waals surface area contributed by atoms with Crippen LogP contribution in [0, 0.1) is 11.3 Å². The standard InChI is InChI=1S/C16H26N2/c1-16(2,3)14-6-8-15(9-7-14)18-12-13-5-4-10-17-11-13/h4-5,10-11,14-15,18H,6-9,12H2,1-3H3/t14-,15-. The molecule has 1 aliphatic rings. The number of nitrogens with zero attached hydrogens (tertiary/aromatic N) is 1. The van der Waals surface area contributed by atoms with E-state index in [1.165, 1.54) is 31.2 Å². The molecule has 2 rings (SSSR count). The Morgan fingerprint density at radius 2 is 1.94 bits per heavy atom. The second-order valence-corrected chi connectivity index (χ2v) is 6.66. The third-order valence-corrected chi connectivity index (χ3v) is 4.27. The Morgan fingerprint density at radius 1 is 1.22 bits per heavy atom. The highest BCUT2D eigenvalue weighted by Crippen LogP contribution is 2.37. The molecule has 0 spiro atoms. The average molecular weight is 246 g/mol. The Balaban J connectivity index is 1.74. The topological polar surface area (TPSA) is 24.9 Å². The first-order chi connectivity index (χ1) is 8.55. The number of nitrogens with one attached hydrogen (secondary N) is 1. The molecule has 0 amide bonds. The van der Waals surface area contributed by atoms with E-state index in [0.29, 0.717) is 11.5 Å². The van der Waals surface area contributed by atoms with E-state index in [2.05, 4.69) is 37.1 Å². The van der Waals surface area contributed by atoms with E-state index in [9.17, 15) is 0 Å². The largest absolute Gasteiger partial charge is 0.310 e. The molecule has 2 nitrogen and oxygen atoms in total. The average Bonchev–Trinajstić information content (AvgIpc) is 2.37. The maximum atomic E-state index is 4.15. The van der Waals surface area contributed by atoms with Crippen LogP contribution in [0.4, 0.5) is 0 Å². The fourth-order valence-corrected chi connectivity index (χ4v) is 2.93. The van der Waals surface area contributed by atoms with Gasteiger partial charge in [-0.15, -0.1) is 0 Å². The van der Waals surface area contributed by atoms with Crippen LogP contribution in [0.5, 0.6) is 0 Å². The first kappa shape index (κ1) is 13.5. The Labute approximate surface area is 111 Å². The summed E-state index contributed by atoms with van der Waals surface area (Å²) in [5, 5.41) is 3.67. The third kappa shape index (κ3) is 3.81. The summed E-state index contributed by atoms with van der Waals surface area (Å²) >= 11 is 0. The van der Waals surface area contributed by atoms with Gasteiger partial charge in [0.1, 0.15) is 0 Å². The molecule has 1 heterocycles. The van der Waals surface area contributed by atoms with Crippen molar-refractivity contribution in [3.8, 4) is 0 Å². The van der Waals surface area contributed by atoms with Crippen LogP contribution >= 0.6 is 0 Å². The molecule has 0 saturated heterocycles. The molecule has 0 aliphatic heterocycles. The van der Waals surface area contributed by atoms with Gasteiger partial charge in [-0.2, -0.15) is 0 Å². The second kappa shape index (κ2) is 5.83. The lowest BCUT2D eigenvalue weighted by atomic mass is 9.71. The maximum absolute atomic E-state index is 4.15. The zero-order chi connectivity index (χ0) is 13.0. The van der Waals surface area contributed by atoms with Crippen LogP contribution in [-0.4, -0.2) is 11.0 Å². The minimum atomic E-state index is 0.480. The van der Waals surface area contributed by atoms with Crippen LogP contribution in [0.1, 0.15) is 52.0 Å². The third-order valence-electron chi connectivity index (χ3n) is 4.27. The Morgan fingerprint density at radius 3 is 2.50 bits per heavy atom. The predicted octanol–water partition coefficient (Wildman–Crippen LogP) is 3.78. The zero-order valence-corrected chi connectivity index (χ0v) is 11.9. The number of hydrogen-bond acceptors (Lipinski definition) is 2. The van der Waals surface area contributed by atoms with Gasteiger partial charge in [-0.1, -0.05) is 26.8 Å². The van der Waals surface area contributed by atoms with Gasteiger partial charge in [0.25, 0.3) is 0 Å². The highest BCUT2D eigenvalue weighted by Gasteiger charge is 2.29. The summed E-state index contributed by atoms with van der Waals surface area (Å²) in [6, 6.07) is 4.85. The molecule has 1 N–H and O–H groups in total. The molecule has 0 radical (unpaired) electrons. The highest BCUT2D eigenvalue weighted by atomic mass is 14.9. The molecule has 0 bridgehead atoms. The van der Waals surface area contributed by atoms with Crippen molar-refractivity contribution in [1.82, 2.24) is 10.3 Å². The summed E-state index contributed by atoms with van der Waals surface area (Å²) in [5.41, 5.74) is 1.77. The van der Waals surface area contributed by atoms with Gasteiger partial charge in [-0.05, 0) is 48.6 Å². The fourth-order valence-electron chi connectivity index (χ4n) is 2.93. The van der Waals surface area contributed by atoms with E-state index in [1.54, 1.807) is 0 Å². The molecule has 1 fully saturated rings. The van der Waals surface area contributed by atoms with Crippen molar-refractivity contribution in [1.29, 1.82) is 0 Å². The van der Waals surface area contributed by atoms with Crippen molar-refractivity contribution in [3.05, 3.63) is 30.1 Å². The van der Waals surface area contributed by atoms with Crippen molar-refractivity contribution < 1.29 is 0 Å². The quantitative estimate of drug-likeness (QED) is 0.878. The molecule has 0 atom stereocenters. The van der Waals surface area contributed by atoms with Gasteiger partial charge < -0.3 is 5.32 Å². The summed E-state index contributed by atoms with van der Waals surface area (Å²) in [6.07, 6.45) is 9.17. The summed E-state index contributed by atoms with van der Waals surface area (Å²) in [5.74, 6) is 0.897. The normalized spacial score (nSPS) is 25.1. The molecular formula is C16H26N2. The van der Waals surface area contributed by atoms with E-state index < -0.39 is 0 Å². The highest BCUT2D eigenvalue weighted by molar-refractivity contribution is 5.08. The molecule has 0 aromatic carbocycles. The molecule has 18 heavy (non-hydrogen) atoms. The van der Waals surface area contributed by atoms with Crippen molar-refractivity contribution in [2.24, 2.45) is 11.3 Å². The van der Waals surface area contributed by atoms with Gasteiger partial charge in [0.2, 0.25) is 0 Å². The van der Waals surface area contributed by atoms with E-state index in [1.807, 2.05) is 18.5 Å². The SMILES string of the molecule is CC(C)(C)[C@H]1CC[C@H](NCc2cccnc2)CC1. The first-order valence-electron chi connectivity index (χ1n) is 7.18. The summed E-state index contributed by atoms with van der Waals surface area (Å²) < 4.78 is 0. The minimum absolute atomic E-state index is 0.480. The second-order valence-electron chi connectivity index (χ2n) is 6.66. The van der Waals surface area contributed by atoms with E-state index in [0.717, 1.165) is 12.5 Å². The number of pyridine rings is 1. The Bertz CT molecular complexity index is 345. The van der Waals surface area contributed by atoms with E-state index in [-0.39, 0.29) is 0 Å². The van der Waals surface area contributed by atoms with E-state index >= 15 is 0 Å². The number of rotatable bonds is 3. The van der Waals surface area contributed by atoms with E-state index in [4.69, 9.17) is 0 Å². The summed E-state index contributed by atoms with van der Waals surface area (Å²) in [4.78, 5) is 4.15. The predicted molar refractivity (Wildman–Crippen MR) is 76.3 cm³/mol. The Hall–Kier alpha value is -0.890. The van der Waals surface area contributed by atoms with Gasteiger partial charge in [-0.25, -0.2) is 0 Å². The molecule has 1 saturated carbocycles. The van der Waals surface area contributed by atoms with Crippen LogP contribution in [-0.2, 0) is 6.54 Å². The van der Waals surface area contributed by atoms with Crippen LogP contribution in [0.25, 0.3) is 0 Å². The molecule has 100 valence electrons. The Kier molecular flexibility index (Phi) is 4.39. The monoisotopic (exact) mass is 246 g/mol. The molecular weight excluding hydrogens is 220 g/mol. The van der Waals surface area contributed by atoms with Gasteiger partial charge in [-0.3, -0.25) is 4.98 Å². The number of aromatic nitrogens is 1. The molecule has 1 aromatic heterocycles. The summed E-state index contributed by atoms with van der Waals surface area (Å²) in [6.45, 7) is 8.09. The molecule has 1 aliphatic carbocycles. The lowest BCUT2D eigenvalue weighted by Crippen LogP contribution is -2.35. The van der Waals surface area contributed by atoms with Crippen molar-refractivity contribution in [2.45, 2.75) is 59.0 Å². The zero-order valence-electron chi connectivity index (χ0n) is 11.9. The van der Waals surface area contributed by atoms with Crippen molar-refractivity contribution >= 4 is 0 Å². The lowest BCUT2D eigenvalue weighted by Gasteiger charge is -2.37. The van der Waals surface area contributed by atoms with Crippen molar-refractivity contribution in [2.75, 3.05) is 0 Å². The van der Waals surface area contributed by atoms with Crippen LogP contribution in [0.15, 0.2) is 24.5 Å². The first-order valence-corrected chi connectivity index (χ1v) is 7.18. The lowest BCUT2D eigenvalue weighted by molar-refractivity contribution is 0.160. The smallest absolute Gasteiger partial charge is 0.0312 e. The molecule has 0 unspecified atom stereocenters. The van der Waals surface area contributed by atoms with Gasteiger partial charge in [0.05, 0.1) is 0 Å². The van der Waals surface area contributed by atoms with Gasteiger partial charge in [0, 0.05) is 25.0 Å². The maximum Gasteiger partial charge on any atom is 0.0312 e. The summed E-state index contributed by atoms with van der Waals surface area (Å²) in [7, 11) is 0. The number of hydrogen-bond donors (Lipinski definition) is 1. The van der Waals surface area contributed by atoms with Crippen molar-refractivity contribution in [3.63, 3.8) is 0 Å². The van der Waals surface area contributed by atoms with Crippen LogP contribution in [0.3, 0.4) is 0 Å². The molecule has 2 heteroatoms. The van der Waals surface area contributed by atoms with Crippen LogP contribution < -0.4 is 5.32 Å². The molecule has 1 aromatic rings. The van der Waals surface area contributed by atoms with Crippen LogP contribution in [0.2, 0.25) is 0 Å².